The summed E-state index contributed by atoms with van der Waals surface area (Å²) in [5, 5.41) is 14.9. The predicted molar refractivity (Wildman–Crippen MR) is 124 cm³/mol. The lowest BCUT2D eigenvalue weighted by Crippen LogP contribution is -2.38. The van der Waals surface area contributed by atoms with Gasteiger partial charge in [0.05, 0.1) is 16.1 Å². The van der Waals surface area contributed by atoms with Gasteiger partial charge in [0.15, 0.2) is 0 Å². The summed E-state index contributed by atoms with van der Waals surface area (Å²) in [6.07, 6.45) is 4.78. The number of hydrogen-bond acceptors (Lipinski definition) is 4. The molecule has 3 heterocycles. The highest BCUT2D eigenvalue weighted by Gasteiger charge is 2.23. The molecule has 8 nitrogen and oxygen atoms in total. The number of carbonyl (C=O) groups is 1. The topological polar surface area (TPSA) is 83.7 Å². The first-order chi connectivity index (χ1) is 16.0. The van der Waals surface area contributed by atoms with Gasteiger partial charge in [-0.15, -0.1) is 0 Å². The van der Waals surface area contributed by atoms with Crippen molar-refractivity contribution in [1.82, 2.24) is 19.7 Å². The maximum atomic E-state index is 14.6. The van der Waals surface area contributed by atoms with E-state index in [2.05, 4.69) is 16.3 Å². The predicted octanol–water partition coefficient (Wildman–Crippen LogP) is 3.79. The molecular weight excluding hydrogens is 425 g/mol. The number of nitrogens with one attached hydrogen (secondary N) is 1. The van der Waals surface area contributed by atoms with Crippen LogP contribution in [0.1, 0.15) is 12.0 Å². The van der Waals surface area contributed by atoms with E-state index in [-0.39, 0.29) is 17.5 Å². The van der Waals surface area contributed by atoms with Crippen LogP contribution in [0.3, 0.4) is 0 Å². The van der Waals surface area contributed by atoms with Gasteiger partial charge in [-0.05, 0) is 30.2 Å². The second-order valence-electron chi connectivity index (χ2n) is 8.32. The van der Waals surface area contributed by atoms with Crippen LogP contribution in [0.15, 0.2) is 54.7 Å². The van der Waals surface area contributed by atoms with Crippen molar-refractivity contribution in [2.75, 3.05) is 39.3 Å². The van der Waals surface area contributed by atoms with Crippen molar-refractivity contribution < 1.29 is 14.1 Å². The number of carbonyl (C=O) groups excluding carboxylic acids is 1. The quantitative estimate of drug-likeness (QED) is 0.458. The molecule has 3 aromatic rings. The van der Waals surface area contributed by atoms with Crippen molar-refractivity contribution in [3.8, 4) is 5.69 Å². The Hall–Kier alpha value is -3.72. The highest BCUT2D eigenvalue weighted by atomic mass is 19.1. The van der Waals surface area contributed by atoms with Gasteiger partial charge in [-0.1, -0.05) is 18.2 Å². The monoisotopic (exact) mass is 449 g/mol. The fourth-order valence-corrected chi connectivity index (χ4v) is 4.58. The van der Waals surface area contributed by atoms with Gasteiger partial charge in [-0.25, -0.2) is 9.18 Å². The molecule has 2 amide bonds. The largest absolute Gasteiger partial charge is 0.336 e. The van der Waals surface area contributed by atoms with Gasteiger partial charge in [0.2, 0.25) is 0 Å². The normalized spacial score (nSPS) is 16.8. The molecule has 5 rings (SSSR count). The maximum absolute atomic E-state index is 14.6. The number of non-ortho nitro benzene ring substituents is 1. The number of nitro groups is 1. The molecule has 2 aromatic carbocycles. The van der Waals surface area contributed by atoms with Crippen molar-refractivity contribution >= 4 is 28.2 Å². The van der Waals surface area contributed by atoms with E-state index in [1.165, 1.54) is 12.1 Å². The second kappa shape index (κ2) is 8.67. The second-order valence-corrected chi connectivity index (χ2v) is 8.32. The third-order valence-corrected chi connectivity index (χ3v) is 6.38. The number of para-hydroxylation sites is 1. The van der Waals surface area contributed by atoms with E-state index in [0.29, 0.717) is 18.8 Å². The molecule has 0 unspecified atom stereocenters. The number of halogens is 1. The number of benzene rings is 2. The van der Waals surface area contributed by atoms with Gasteiger partial charge in [0.25, 0.3) is 5.69 Å². The maximum Gasteiger partial charge on any atom is 0.317 e. The van der Waals surface area contributed by atoms with Crippen LogP contribution in [0.5, 0.6) is 0 Å². The molecular formula is C24H24FN5O3. The van der Waals surface area contributed by atoms with Gasteiger partial charge < -0.3 is 14.8 Å². The minimum absolute atomic E-state index is 0.00853. The van der Waals surface area contributed by atoms with Crippen LogP contribution in [0, 0.1) is 15.9 Å². The molecule has 0 spiro atoms. The van der Waals surface area contributed by atoms with E-state index in [9.17, 15) is 19.3 Å². The molecule has 2 aliphatic rings. The molecule has 33 heavy (non-hydrogen) atoms. The molecule has 1 aromatic heterocycles. The number of rotatable bonds is 6. The van der Waals surface area contributed by atoms with Crippen molar-refractivity contribution in [2.45, 2.75) is 6.42 Å². The SMILES string of the molecule is O=C1NCCN1CCN1CC=C(c2cn(-c3ccccc3F)c3ccc([N+](=O)[O-])cc23)CC1. The first kappa shape index (κ1) is 21.1. The van der Waals surface area contributed by atoms with Crippen LogP contribution < -0.4 is 5.32 Å². The van der Waals surface area contributed by atoms with Crippen LogP contribution in [0.2, 0.25) is 0 Å². The third kappa shape index (κ3) is 4.07. The van der Waals surface area contributed by atoms with E-state index in [1.54, 1.807) is 34.9 Å². The Labute approximate surface area is 190 Å². The molecule has 9 heteroatoms. The Morgan fingerprint density at radius 1 is 1.12 bits per heavy atom. The van der Waals surface area contributed by atoms with Gasteiger partial charge in [-0.3, -0.25) is 15.0 Å². The zero-order valence-electron chi connectivity index (χ0n) is 18.0. The summed E-state index contributed by atoms with van der Waals surface area (Å²) < 4.78 is 16.3. The lowest BCUT2D eigenvalue weighted by atomic mass is 9.98. The first-order valence-corrected chi connectivity index (χ1v) is 11.0. The van der Waals surface area contributed by atoms with Gasteiger partial charge in [-0.2, -0.15) is 0 Å². The van der Waals surface area contributed by atoms with E-state index in [0.717, 1.165) is 54.6 Å². The minimum atomic E-state index is -0.408. The van der Waals surface area contributed by atoms with Crippen LogP contribution >= 0.6 is 0 Å². The molecule has 1 fully saturated rings. The molecule has 1 N–H and O–H groups in total. The zero-order valence-corrected chi connectivity index (χ0v) is 18.0. The molecule has 0 bridgehead atoms. The van der Waals surface area contributed by atoms with E-state index in [1.807, 2.05) is 11.1 Å². The van der Waals surface area contributed by atoms with E-state index in [4.69, 9.17) is 0 Å². The van der Waals surface area contributed by atoms with Crippen molar-refractivity contribution in [1.29, 1.82) is 0 Å². The fraction of sp³-hybridized carbons (Fsp3) is 0.292. The average Bonchev–Trinajstić information content (AvgIpc) is 3.41. The van der Waals surface area contributed by atoms with E-state index >= 15 is 0 Å². The number of hydrogen-bond donors (Lipinski definition) is 1. The lowest BCUT2D eigenvalue weighted by molar-refractivity contribution is -0.384. The molecule has 0 atom stereocenters. The van der Waals surface area contributed by atoms with Gasteiger partial charge >= 0.3 is 6.03 Å². The van der Waals surface area contributed by atoms with Crippen LogP contribution in [0.25, 0.3) is 22.2 Å². The smallest absolute Gasteiger partial charge is 0.317 e. The van der Waals surface area contributed by atoms with Crippen molar-refractivity contribution in [3.63, 3.8) is 0 Å². The van der Waals surface area contributed by atoms with E-state index < -0.39 is 4.92 Å². The summed E-state index contributed by atoms with van der Waals surface area (Å²) in [6.45, 7) is 4.46. The third-order valence-electron chi connectivity index (χ3n) is 6.38. The molecule has 0 aliphatic carbocycles. The fourth-order valence-electron chi connectivity index (χ4n) is 4.58. The number of aromatic nitrogens is 1. The Bertz CT molecular complexity index is 1270. The highest BCUT2D eigenvalue weighted by Crippen LogP contribution is 2.35. The molecule has 1 saturated heterocycles. The van der Waals surface area contributed by atoms with Crippen LogP contribution in [-0.2, 0) is 0 Å². The van der Waals surface area contributed by atoms with Crippen LogP contribution in [-0.4, -0.2) is 64.6 Å². The number of urea groups is 1. The standard InChI is InChI=1S/C24H24FN5O3/c25-21-3-1-2-4-23(21)29-16-20(19-15-18(30(32)33)5-6-22(19)29)17-7-10-27(11-8-17)13-14-28-12-9-26-24(28)31/h1-7,15-16H,8-14H2,(H,26,31). The first-order valence-electron chi connectivity index (χ1n) is 11.0. The van der Waals surface area contributed by atoms with Gasteiger partial charge in [0, 0.05) is 68.5 Å². The molecule has 0 saturated carbocycles. The Morgan fingerprint density at radius 3 is 2.67 bits per heavy atom. The summed E-state index contributed by atoms with van der Waals surface area (Å²) in [5.41, 5.74) is 3.12. The Morgan fingerprint density at radius 2 is 1.97 bits per heavy atom. The summed E-state index contributed by atoms with van der Waals surface area (Å²) in [7, 11) is 0. The summed E-state index contributed by atoms with van der Waals surface area (Å²) in [4.78, 5) is 26.8. The zero-order chi connectivity index (χ0) is 22.9. The van der Waals surface area contributed by atoms with Crippen molar-refractivity contribution in [2.24, 2.45) is 0 Å². The number of nitrogens with zero attached hydrogens (tertiary/aromatic N) is 4. The summed E-state index contributed by atoms with van der Waals surface area (Å²) >= 11 is 0. The number of amides is 2. The Kier molecular flexibility index (Phi) is 5.55. The van der Waals surface area contributed by atoms with Gasteiger partial charge in [0.1, 0.15) is 5.82 Å². The van der Waals surface area contributed by atoms with Crippen molar-refractivity contribution in [3.05, 3.63) is 76.2 Å². The van der Waals surface area contributed by atoms with Crippen LogP contribution in [0.4, 0.5) is 14.9 Å². The Balaban J connectivity index is 1.45. The number of fused-ring (bicyclic) bond motifs is 1. The molecule has 170 valence electrons. The average molecular weight is 449 g/mol. The molecule has 2 aliphatic heterocycles. The lowest BCUT2D eigenvalue weighted by Gasteiger charge is -2.28. The summed E-state index contributed by atoms with van der Waals surface area (Å²) in [5.74, 6) is -0.353. The molecule has 0 radical (unpaired) electrons. The minimum Gasteiger partial charge on any atom is -0.336 e. The number of nitro benzene ring substituents is 1. The summed E-state index contributed by atoms with van der Waals surface area (Å²) in [6, 6.07) is 11.2. The highest BCUT2D eigenvalue weighted by molar-refractivity contribution is 5.95.